The number of Topliss-reactive ketones (excluding diaryl/α,β-unsaturated/α-hetero) is 1. The third-order valence-electron chi connectivity index (χ3n) is 2.43. The number of carbonyl (C=O) groups is 1. The van der Waals surface area contributed by atoms with Crippen molar-refractivity contribution in [2.24, 2.45) is 0 Å². The van der Waals surface area contributed by atoms with Crippen LogP contribution in [0.1, 0.15) is 12.0 Å². The van der Waals surface area contributed by atoms with E-state index in [4.69, 9.17) is 9.47 Å². The number of benzene rings is 1. The van der Waals surface area contributed by atoms with E-state index >= 15 is 0 Å². The van der Waals surface area contributed by atoms with Crippen molar-refractivity contribution in [2.75, 3.05) is 13.2 Å². The second-order valence-corrected chi connectivity index (χ2v) is 4.54. The molecular formula is C12H13BrO3. The van der Waals surface area contributed by atoms with Crippen LogP contribution in [-0.2, 0) is 20.7 Å². The van der Waals surface area contributed by atoms with Gasteiger partial charge in [-0.3, -0.25) is 4.79 Å². The van der Waals surface area contributed by atoms with Gasteiger partial charge in [0.1, 0.15) is 5.78 Å². The normalized spacial score (nSPS) is 16.6. The first kappa shape index (κ1) is 11.8. The summed E-state index contributed by atoms with van der Waals surface area (Å²) in [6, 6.07) is 7.74. The van der Waals surface area contributed by atoms with Gasteiger partial charge < -0.3 is 9.47 Å². The number of carbonyl (C=O) groups excluding carboxylic acids is 1. The molecule has 0 radical (unpaired) electrons. The van der Waals surface area contributed by atoms with E-state index in [0.717, 1.165) is 10.0 Å². The third-order valence-corrected chi connectivity index (χ3v) is 3.20. The molecule has 3 nitrogen and oxygen atoms in total. The van der Waals surface area contributed by atoms with Crippen molar-refractivity contribution in [2.45, 2.75) is 19.1 Å². The van der Waals surface area contributed by atoms with Crippen molar-refractivity contribution in [3.63, 3.8) is 0 Å². The molecule has 1 aromatic rings. The molecule has 0 saturated carbocycles. The van der Waals surface area contributed by atoms with Crippen molar-refractivity contribution in [3.8, 4) is 0 Å². The average molecular weight is 285 g/mol. The fourth-order valence-electron chi connectivity index (χ4n) is 1.64. The minimum Gasteiger partial charge on any atom is -0.350 e. The van der Waals surface area contributed by atoms with E-state index in [2.05, 4.69) is 15.9 Å². The van der Waals surface area contributed by atoms with Gasteiger partial charge in [0.05, 0.1) is 19.6 Å². The van der Waals surface area contributed by atoms with Gasteiger partial charge in [-0.15, -0.1) is 0 Å². The zero-order valence-corrected chi connectivity index (χ0v) is 10.4. The maximum Gasteiger partial charge on any atom is 0.164 e. The fraction of sp³-hybridized carbons (Fsp3) is 0.417. The summed E-state index contributed by atoms with van der Waals surface area (Å²) < 4.78 is 11.4. The van der Waals surface area contributed by atoms with Crippen LogP contribution in [0, 0.1) is 0 Å². The fourth-order valence-corrected chi connectivity index (χ4v) is 2.06. The minimum absolute atomic E-state index is 0.138. The third kappa shape index (κ3) is 3.14. The maximum absolute atomic E-state index is 11.7. The summed E-state index contributed by atoms with van der Waals surface area (Å²) in [6.45, 7) is 1.18. The highest BCUT2D eigenvalue weighted by atomic mass is 79.9. The molecule has 16 heavy (non-hydrogen) atoms. The van der Waals surface area contributed by atoms with E-state index in [1.54, 1.807) is 0 Å². The quantitative estimate of drug-likeness (QED) is 0.851. The smallest absolute Gasteiger partial charge is 0.164 e. The Balaban J connectivity index is 1.89. The SMILES string of the molecule is O=C(Cc1ccccc1Br)CC1OCCO1. The molecule has 0 bridgehead atoms. The van der Waals surface area contributed by atoms with Crippen molar-refractivity contribution >= 4 is 21.7 Å². The predicted molar refractivity (Wildman–Crippen MR) is 63.2 cm³/mol. The summed E-state index contributed by atoms with van der Waals surface area (Å²) in [5.74, 6) is 0.138. The van der Waals surface area contributed by atoms with Crippen LogP contribution in [0.2, 0.25) is 0 Å². The molecule has 0 unspecified atom stereocenters. The summed E-state index contributed by atoms with van der Waals surface area (Å²) in [5.41, 5.74) is 1.01. The molecule has 0 atom stereocenters. The first-order chi connectivity index (χ1) is 7.75. The van der Waals surface area contributed by atoms with Crippen LogP contribution in [0.4, 0.5) is 0 Å². The number of hydrogen-bond acceptors (Lipinski definition) is 3. The lowest BCUT2D eigenvalue weighted by Crippen LogP contribution is -2.16. The van der Waals surface area contributed by atoms with Gasteiger partial charge in [0, 0.05) is 10.9 Å². The predicted octanol–water partition coefficient (Wildman–Crippen LogP) is 2.32. The molecule has 0 aromatic heterocycles. The van der Waals surface area contributed by atoms with Crippen LogP contribution in [0.3, 0.4) is 0 Å². The molecule has 86 valence electrons. The van der Waals surface area contributed by atoms with Gasteiger partial charge in [0.2, 0.25) is 0 Å². The Bertz CT molecular complexity index is 372. The molecular weight excluding hydrogens is 272 g/mol. The summed E-state index contributed by atoms with van der Waals surface area (Å²) in [5, 5.41) is 0. The van der Waals surface area contributed by atoms with Crippen LogP contribution >= 0.6 is 15.9 Å². The Kier molecular flexibility index (Phi) is 4.09. The molecule has 0 spiro atoms. The van der Waals surface area contributed by atoms with Gasteiger partial charge in [-0.1, -0.05) is 34.1 Å². The molecule has 0 aliphatic carbocycles. The van der Waals surface area contributed by atoms with Gasteiger partial charge >= 0.3 is 0 Å². The van der Waals surface area contributed by atoms with Crippen LogP contribution in [-0.4, -0.2) is 25.3 Å². The average Bonchev–Trinajstić information content (AvgIpc) is 2.74. The van der Waals surface area contributed by atoms with E-state index in [1.165, 1.54) is 0 Å². The highest BCUT2D eigenvalue weighted by Crippen LogP contribution is 2.18. The first-order valence-corrected chi connectivity index (χ1v) is 6.03. The van der Waals surface area contributed by atoms with Crippen LogP contribution in [0.5, 0.6) is 0 Å². The molecule has 4 heteroatoms. The van der Waals surface area contributed by atoms with Gasteiger partial charge in [-0.05, 0) is 11.6 Å². The second-order valence-electron chi connectivity index (χ2n) is 3.68. The van der Waals surface area contributed by atoms with Gasteiger partial charge in [-0.2, -0.15) is 0 Å². The van der Waals surface area contributed by atoms with E-state index in [-0.39, 0.29) is 12.1 Å². The van der Waals surface area contributed by atoms with Crippen molar-refractivity contribution in [3.05, 3.63) is 34.3 Å². The Hall–Kier alpha value is -0.710. The molecule has 1 aliphatic rings. The highest BCUT2D eigenvalue weighted by Gasteiger charge is 2.19. The Morgan fingerprint density at radius 1 is 1.31 bits per heavy atom. The molecule has 0 amide bonds. The number of ketones is 1. The largest absolute Gasteiger partial charge is 0.350 e. The van der Waals surface area contributed by atoms with E-state index in [9.17, 15) is 4.79 Å². The maximum atomic E-state index is 11.7. The van der Waals surface area contributed by atoms with Crippen molar-refractivity contribution in [1.82, 2.24) is 0 Å². The number of hydrogen-bond donors (Lipinski definition) is 0. The summed E-state index contributed by atoms with van der Waals surface area (Å²) in [7, 11) is 0. The molecule has 1 heterocycles. The number of ether oxygens (including phenoxy) is 2. The van der Waals surface area contributed by atoms with Crippen LogP contribution in [0.25, 0.3) is 0 Å². The lowest BCUT2D eigenvalue weighted by molar-refractivity contribution is -0.126. The van der Waals surface area contributed by atoms with Crippen LogP contribution in [0.15, 0.2) is 28.7 Å². The minimum atomic E-state index is -0.338. The highest BCUT2D eigenvalue weighted by molar-refractivity contribution is 9.10. The monoisotopic (exact) mass is 284 g/mol. The van der Waals surface area contributed by atoms with E-state index < -0.39 is 0 Å². The topological polar surface area (TPSA) is 35.5 Å². The molecule has 1 fully saturated rings. The molecule has 0 N–H and O–H groups in total. The Morgan fingerprint density at radius 3 is 2.69 bits per heavy atom. The van der Waals surface area contributed by atoms with Gasteiger partial charge in [0.25, 0.3) is 0 Å². The number of halogens is 1. The zero-order valence-electron chi connectivity index (χ0n) is 8.82. The Labute approximate surface area is 103 Å². The molecule has 1 saturated heterocycles. The standard InChI is InChI=1S/C12H13BrO3/c13-11-4-2-1-3-9(11)7-10(14)8-12-15-5-6-16-12/h1-4,12H,5-8H2. The Morgan fingerprint density at radius 2 is 2.00 bits per heavy atom. The van der Waals surface area contributed by atoms with Gasteiger partial charge in [-0.25, -0.2) is 0 Å². The summed E-state index contributed by atoms with van der Waals surface area (Å²) in [6.07, 6.45) is 0.418. The van der Waals surface area contributed by atoms with Crippen molar-refractivity contribution < 1.29 is 14.3 Å². The van der Waals surface area contributed by atoms with Crippen LogP contribution < -0.4 is 0 Å². The molecule has 1 aliphatic heterocycles. The lowest BCUT2D eigenvalue weighted by Gasteiger charge is -2.08. The second kappa shape index (κ2) is 5.57. The number of rotatable bonds is 4. The van der Waals surface area contributed by atoms with E-state index in [0.29, 0.717) is 26.1 Å². The first-order valence-electron chi connectivity index (χ1n) is 5.24. The zero-order chi connectivity index (χ0) is 11.4. The molecule has 1 aromatic carbocycles. The lowest BCUT2D eigenvalue weighted by atomic mass is 10.1. The van der Waals surface area contributed by atoms with E-state index in [1.807, 2.05) is 24.3 Å². The summed E-state index contributed by atoms with van der Waals surface area (Å²) >= 11 is 3.42. The molecule has 2 rings (SSSR count). The van der Waals surface area contributed by atoms with Gasteiger partial charge in [0.15, 0.2) is 6.29 Å². The summed E-state index contributed by atoms with van der Waals surface area (Å²) in [4.78, 5) is 11.7. The van der Waals surface area contributed by atoms with Crippen molar-refractivity contribution in [1.29, 1.82) is 0 Å².